The van der Waals surface area contributed by atoms with Gasteiger partial charge in [-0.25, -0.2) is 0 Å². The Balaban J connectivity index is 2.87. The molecule has 0 amide bonds. The second kappa shape index (κ2) is 5.64. The molecule has 0 spiro atoms. The van der Waals surface area contributed by atoms with E-state index < -0.39 is 0 Å². The molecule has 0 saturated heterocycles. The number of aliphatic hydroxyl groups is 1. The van der Waals surface area contributed by atoms with E-state index in [1.54, 1.807) is 0 Å². The standard InChI is InChI=1S/C12H18BrNO/c1-8(2)11(7-15)12(14)9-4-3-5-10(13)6-9/h3-6,8,11-12,15H,7,14H2,1-2H3. The molecule has 1 rings (SSSR count). The summed E-state index contributed by atoms with van der Waals surface area (Å²) in [5, 5.41) is 9.31. The van der Waals surface area contributed by atoms with Crippen molar-refractivity contribution >= 4 is 15.9 Å². The summed E-state index contributed by atoms with van der Waals surface area (Å²) < 4.78 is 1.02. The van der Waals surface area contributed by atoms with Crippen LogP contribution in [0.3, 0.4) is 0 Å². The van der Waals surface area contributed by atoms with Gasteiger partial charge in [-0.2, -0.15) is 0 Å². The minimum absolute atomic E-state index is 0.104. The van der Waals surface area contributed by atoms with E-state index in [-0.39, 0.29) is 18.6 Å². The molecule has 2 nitrogen and oxygen atoms in total. The molecule has 3 N–H and O–H groups in total. The van der Waals surface area contributed by atoms with Gasteiger partial charge in [0.1, 0.15) is 0 Å². The average Bonchev–Trinajstić information content (AvgIpc) is 2.18. The van der Waals surface area contributed by atoms with Crippen molar-refractivity contribution in [1.29, 1.82) is 0 Å². The van der Waals surface area contributed by atoms with Crippen LogP contribution >= 0.6 is 15.9 Å². The smallest absolute Gasteiger partial charge is 0.0479 e. The molecule has 0 aliphatic heterocycles. The summed E-state index contributed by atoms with van der Waals surface area (Å²) in [6.45, 7) is 4.29. The SMILES string of the molecule is CC(C)C(CO)C(N)c1cccc(Br)c1. The van der Waals surface area contributed by atoms with Crippen LogP contribution in [0.4, 0.5) is 0 Å². The summed E-state index contributed by atoms with van der Waals surface area (Å²) in [7, 11) is 0. The molecule has 1 aromatic rings. The highest BCUT2D eigenvalue weighted by Gasteiger charge is 2.21. The number of aliphatic hydroxyl groups excluding tert-OH is 1. The highest BCUT2D eigenvalue weighted by molar-refractivity contribution is 9.10. The fourth-order valence-electron chi connectivity index (χ4n) is 1.70. The van der Waals surface area contributed by atoms with E-state index in [1.165, 1.54) is 0 Å². The molecule has 2 atom stereocenters. The lowest BCUT2D eigenvalue weighted by Gasteiger charge is -2.25. The van der Waals surface area contributed by atoms with Gasteiger partial charge in [-0.3, -0.25) is 0 Å². The van der Waals surface area contributed by atoms with Crippen LogP contribution in [0.25, 0.3) is 0 Å². The Morgan fingerprint density at radius 3 is 2.53 bits per heavy atom. The number of nitrogens with two attached hydrogens (primary N) is 1. The first-order chi connectivity index (χ1) is 7.06. The monoisotopic (exact) mass is 271 g/mol. The van der Waals surface area contributed by atoms with E-state index >= 15 is 0 Å². The fraction of sp³-hybridized carbons (Fsp3) is 0.500. The molecular weight excluding hydrogens is 254 g/mol. The largest absolute Gasteiger partial charge is 0.396 e. The van der Waals surface area contributed by atoms with Gasteiger partial charge in [-0.1, -0.05) is 41.9 Å². The van der Waals surface area contributed by atoms with Crippen molar-refractivity contribution in [3.8, 4) is 0 Å². The van der Waals surface area contributed by atoms with Crippen LogP contribution in [-0.4, -0.2) is 11.7 Å². The zero-order valence-electron chi connectivity index (χ0n) is 9.15. The molecule has 0 radical (unpaired) electrons. The van der Waals surface area contributed by atoms with Crippen LogP contribution in [0.1, 0.15) is 25.5 Å². The zero-order valence-corrected chi connectivity index (χ0v) is 10.7. The Morgan fingerprint density at radius 2 is 2.07 bits per heavy atom. The van der Waals surface area contributed by atoms with Gasteiger partial charge in [0.15, 0.2) is 0 Å². The van der Waals surface area contributed by atoms with Gasteiger partial charge in [0, 0.05) is 23.0 Å². The molecule has 0 aliphatic carbocycles. The van der Waals surface area contributed by atoms with E-state index in [2.05, 4.69) is 29.8 Å². The molecule has 0 fully saturated rings. The lowest BCUT2D eigenvalue weighted by molar-refractivity contribution is 0.166. The number of rotatable bonds is 4. The lowest BCUT2D eigenvalue weighted by Crippen LogP contribution is -2.28. The van der Waals surface area contributed by atoms with Gasteiger partial charge >= 0.3 is 0 Å². The van der Waals surface area contributed by atoms with Gasteiger partial charge in [0.25, 0.3) is 0 Å². The van der Waals surface area contributed by atoms with Gasteiger partial charge < -0.3 is 10.8 Å². The lowest BCUT2D eigenvalue weighted by atomic mass is 9.86. The quantitative estimate of drug-likeness (QED) is 0.885. The van der Waals surface area contributed by atoms with Crippen LogP contribution in [0.5, 0.6) is 0 Å². The van der Waals surface area contributed by atoms with Crippen molar-refractivity contribution in [2.45, 2.75) is 19.9 Å². The van der Waals surface area contributed by atoms with Crippen LogP contribution in [0, 0.1) is 11.8 Å². The highest BCUT2D eigenvalue weighted by Crippen LogP contribution is 2.27. The van der Waals surface area contributed by atoms with E-state index in [1.807, 2.05) is 24.3 Å². The number of hydrogen-bond donors (Lipinski definition) is 2. The maximum Gasteiger partial charge on any atom is 0.0479 e. The normalized spacial score (nSPS) is 15.3. The summed E-state index contributed by atoms with van der Waals surface area (Å²) in [6.07, 6.45) is 0. The second-order valence-corrected chi connectivity index (χ2v) is 5.09. The van der Waals surface area contributed by atoms with Gasteiger partial charge in [0.2, 0.25) is 0 Å². The Labute approximate surface area is 99.6 Å². The van der Waals surface area contributed by atoms with Crippen LogP contribution < -0.4 is 5.73 Å². The molecule has 0 heterocycles. The van der Waals surface area contributed by atoms with Crippen molar-refractivity contribution in [3.63, 3.8) is 0 Å². The van der Waals surface area contributed by atoms with Crippen molar-refractivity contribution < 1.29 is 5.11 Å². The maximum absolute atomic E-state index is 9.31. The van der Waals surface area contributed by atoms with Crippen molar-refractivity contribution in [2.24, 2.45) is 17.6 Å². The maximum atomic E-state index is 9.31. The molecule has 0 saturated carbocycles. The Bertz CT molecular complexity index is 314. The molecule has 84 valence electrons. The van der Waals surface area contributed by atoms with Gasteiger partial charge in [0.05, 0.1) is 0 Å². The van der Waals surface area contributed by atoms with Gasteiger partial charge in [-0.15, -0.1) is 0 Å². The molecule has 0 aromatic heterocycles. The van der Waals surface area contributed by atoms with Crippen molar-refractivity contribution in [2.75, 3.05) is 6.61 Å². The molecular formula is C12H18BrNO. The summed E-state index contributed by atoms with van der Waals surface area (Å²) >= 11 is 3.42. The van der Waals surface area contributed by atoms with Crippen LogP contribution in [0.15, 0.2) is 28.7 Å². The predicted octanol–water partition coefficient (Wildman–Crippen LogP) is 2.71. The Kier molecular flexibility index (Phi) is 4.77. The van der Waals surface area contributed by atoms with E-state index in [0.717, 1.165) is 10.0 Å². The number of hydrogen-bond acceptors (Lipinski definition) is 2. The van der Waals surface area contributed by atoms with Crippen molar-refractivity contribution in [1.82, 2.24) is 0 Å². The second-order valence-electron chi connectivity index (χ2n) is 4.17. The molecule has 0 bridgehead atoms. The minimum Gasteiger partial charge on any atom is -0.396 e. The summed E-state index contributed by atoms with van der Waals surface area (Å²) in [6, 6.07) is 7.84. The summed E-state index contributed by atoms with van der Waals surface area (Å²) in [5.41, 5.74) is 7.21. The highest BCUT2D eigenvalue weighted by atomic mass is 79.9. The molecule has 0 aliphatic rings. The first kappa shape index (κ1) is 12.7. The fourth-order valence-corrected chi connectivity index (χ4v) is 2.12. The number of benzene rings is 1. The van der Waals surface area contributed by atoms with E-state index in [9.17, 15) is 5.11 Å². The first-order valence-corrected chi connectivity index (χ1v) is 5.97. The molecule has 3 heteroatoms. The minimum atomic E-state index is -0.104. The van der Waals surface area contributed by atoms with Crippen molar-refractivity contribution in [3.05, 3.63) is 34.3 Å². The predicted molar refractivity (Wildman–Crippen MR) is 66.5 cm³/mol. The third-order valence-electron chi connectivity index (χ3n) is 2.76. The average molecular weight is 272 g/mol. The zero-order chi connectivity index (χ0) is 11.4. The third-order valence-corrected chi connectivity index (χ3v) is 3.26. The topological polar surface area (TPSA) is 46.2 Å². The van der Waals surface area contributed by atoms with E-state index in [0.29, 0.717) is 5.92 Å². The van der Waals surface area contributed by atoms with Crippen LogP contribution in [-0.2, 0) is 0 Å². The Hall–Kier alpha value is -0.380. The van der Waals surface area contributed by atoms with Gasteiger partial charge in [-0.05, 0) is 23.6 Å². The Morgan fingerprint density at radius 1 is 1.40 bits per heavy atom. The third kappa shape index (κ3) is 3.30. The molecule has 15 heavy (non-hydrogen) atoms. The summed E-state index contributed by atoms with van der Waals surface area (Å²) in [4.78, 5) is 0. The first-order valence-electron chi connectivity index (χ1n) is 5.18. The molecule has 2 unspecified atom stereocenters. The van der Waals surface area contributed by atoms with E-state index in [4.69, 9.17) is 5.73 Å². The van der Waals surface area contributed by atoms with Crippen LogP contribution in [0.2, 0.25) is 0 Å². The number of halogens is 1. The molecule has 1 aromatic carbocycles. The summed E-state index contributed by atoms with van der Waals surface area (Å²) in [5.74, 6) is 0.489.